The summed E-state index contributed by atoms with van der Waals surface area (Å²) in [5, 5.41) is 19.2. The highest BCUT2D eigenvalue weighted by Crippen LogP contribution is 2.39. The van der Waals surface area contributed by atoms with Crippen LogP contribution >= 0.6 is 23.2 Å². The third-order valence-electron chi connectivity index (χ3n) is 9.43. The number of benzene rings is 2. The second-order valence-electron chi connectivity index (χ2n) is 14.3. The monoisotopic (exact) mass is 913 g/mol. The van der Waals surface area contributed by atoms with Crippen LogP contribution in [0.4, 0.5) is 27.6 Å². The Hall–Kier alpha value is -4.37. The first kappa shape index (κ1) is 46.7. The van der Waals surface area contributed by atoms with Crippen LogP contribution in [0.15, 0.2) is 48.8 Å². The van der Waals surface area contributed by atoms with Gasteiger partial charge in [0.2, 0.25) is 10.0 Å². The number of carbonyl (C=O) groups excluding carboxylic acids is 1. The van der Waals surface area contributed by atoms with Crippen molar-refractivity contribution >= 4 is 50.9 Å². The number of aliphatic carboxylic acids is 1. The third kappa shape index (κ3) is 14.1. The van der Waals surface area contributed by atoms with Gasteiger partial charge in [-0.2, -0.15) is 26.7 Å². The largest absolute Gasteiger partial charge is 0.619 e. The molecule has 0 amide bonds. The molecule has 2 aliphatic carbocycles. The van der Waals surface area contributed by atoms with E-state index in [1.165, 1.54) is 40.7 Å². The highest BCUT2D eigenvalue weighted by atomic mass is 35.5. The topological polar surface area (TPSA) is 168 Å². The van der Waals surface area contributed by atoms with E-state index < -0.39 is 40.9 Å². The number of hydrogen-bond donors (Lipinski definition) is 1. The molecule has 1 aliphatic heterocycles. The average molecular weight is 915 g/mol. The van der Waals surface area contributed by atoms with Gasteiger partial charge in [0.05, 0.1) is 38.4 Å². The van der Waals surface area contributed by atoms with Crippen LogP contribution in [-0.4, -0.2) is 102 Å². The lowest BCUT2D eigenvalue weighted by molar-refractivity contribution is -0.605. The molecule has 14 nitrogen and oxygen atoms in total. The number of rotatable bonds is 18. The molecule has 0 spiro atoms. The minimum Gasteiger partial charge on any atom is -0.619 e. The number of hydrogen-bond acceptors (Lipinski definition) is 11. The van der Waals surface area contributed by atoms with E-state index in [1.807, 2.05) is 0 Å². The summed E-state index contributed by atoms with van der Waals surface area (Å²) in [6, 6.07) is 8.73. The Morgan fingerprint density at radius 2 is 1.55 bits per heavy atom. The minimum absolute atomic E-state index is 0.0205. The number of halogens is 7. The maximum Gasteiger partial charge on any atom is 0.490 e. The van der Waals surface area contributed by atoms with Gasteiger partial charge in [0.25, 0.3) is 0 Å². The fraction of sp³-hybridized carbons (Fsp3) is 0.500. The van der Waals surface area contributed by atoms with Crippen molar-refractivity contribution in [3.63, 3.8) is 0 Å². The molecule has 3 aromatic rings. The molecule has 1 N–H and O–H groups in total. The quantitative estimate of drug-likeness (QED) is 0.0624. The maximum atomic E-state index is 14.1. The van der Waals surface area contributed by atoms with Gasteiger partial charge in [-0.15, -0.1) is 0 Å². The summed E-state index contributed by atoms with van der Waals surface area (Å²) in [6.45, 7) is 0.663. The molecule has 1 aromatic heterocycles. The Labute approximate surface area is 352 Å². The van der Waals surface area contributed by atoms with E-state index in [2.05, 4.69) is 4.90 Å². The van der Waals surface area contributed by atoms with Gasteiger partial charge in [-0.05, 0) is 67.3 Å². The molecule has 2 heterocycles. The van der Waals surface area contributed by atoms with Gasteiger partial charge < -0.3 is 34.0 Å². The third-order valence-corrected chi connectivity index (χ3v) is 11.3. The number of sulfonamides is 1. The molecule has 6 rings (SSSR count). The number of aromatic nitrogens is 1. The number of carboxylic acid groups (broad SMARTS) is 1. The van der Waals surface area contributed by atoms with E-state index in [9.17, 15) is 40.4 Å². The summed E-state index contributed by atoms with van der Waals surface area (Å²) in [7, 11) is -3.72. The van der Waals surface area contributed by atoms with Crippen molar-refractivity contribution in [2.75, 3.05) is 63.2 Å². The summed E-state index contributed by atoms with van der Waals surface area (Å²) in [4.78, 5) is 25.1. The Bertz CT molecular complexity index is 2060. The molecule has 0 bridgehead atoms. The van der Waals surface area contributed by atoms with Gasteiger partial charge in [-0.25, -0.2) is 18.0 Å². The molecule has 3 fully saturated rings. The molecule has 1 atom stereocenters. The van der Waals surface area contributed by atoms with Crippen molar-refractivity contribution in [1.29, 1.82) is 0 Å². The molecule has 330 valence electrons. The van der Waals surface area contributed by atoms with Gasteiger partial charge in [0.1, 0.15) is 27.5 Å². The van der Waals surface area contributed by atoms with Crippen molar-refractivity contribution in [3.8, 4) is 17.2 Å². The van der Waals surface area contributed by atoms with Gasteiger partial charge in [-0.1, -0.05) is 29.3 Å². The fourth-order valence-corrected chi connectivity index (χ4v) is 7.35. The van der Waals surface area contributed by atoms with E-state index >= 15 is 0 Å². The van der Waals surface area contributed by atoms with E-state index in [-0.39, 0.29) is 45.8 Å². The minimum atomic E-state index is -5.08. The summed E-state index contributed by atoms with van der Waals surface area (Å²) in [6.07, 6.45) is 0.871. The van der Waals surface area contributed by atoms with Crippen LogP contribution in [0.2, 0.25) is 10.0 Å². The molecular weight excluding hydrogens is 872 g/mol. The summed E-state index contributed by atoms with van der Waals surface area (Å²) >= 11 is 12.9. The number of anilines is 1. The Kier molecular flexibility index (Phi) is 15.9. The number of esters is 1. The highest BCUT2D eigenvalue weighted by Gasteiger charge is 2.38. The fourth-order valence-electron chi connectivity index (χ4n) is 5.84. The van der Waals surface area contributed by atoms with E-state index in [0.29, 0.717) is 79.4 Å². The van der Waals surface area contributed by atoms with E-state index in [4.69, 9.17) is 56.8 Å². The average Bonchev–Trinajstić information content (AvgIpc) is 4.11. The first-order chi connectivity index (χ1) is 28.3. The molecular formula is C38H42Cl2F5N3O11S. The zero-order valence-corrected chi connectivity index (χ0v) is 34.4. The van der Waals surface area contributed by atoms with E-state index in [1.54, 1.807) is 0 Å². The van der Waals surface area contributed by atoms with Crippen molar-refractivity contribution < 1.29 is 73.5 Å². The van der Waals surface area contributed by atoms with Crippen molar-refractivity contribution in [1.82, 2.24) is 4.90 Å². The number of alkyl halides is 5. The Balaban J connectivity index is 0.000000896. The molecule has 1 saturated heterocycles. The zero-order chi connectivity index (χ0) is 43.8. The van der Waals surface area contributed by atoms with Gasteiger partial charge in [0, 0.05) is 44.2 Å². The standard InChI is InChI=1S/C36H41Cl2F2N3O9S.C2HF3O2/c1-53(46,47)43(11-10-41-12-14-48-15-13-41)26-7-8-27(33(17-26)49-21-23-2-3-23)35(44)51-32(18-28-29(37)19-42(45)20-30(28)38)25-6-9-31(52-36(39)40)34(16-25)50-22-24-4-5-24;3-2(4,5)1(6)7/h6-9,16-17,19-20,23-24,32,36H,2-5,10-15,18,21-22H2,1H3;(H,6,7)/t32-;/m0./s1. The van der Waals surface area contributed by atoms with Gasteiger partial charge in [0.15, 0.2) is 23.9 Å². The number of morpholine rings is 1. The van der Waals surface area contributed by atoms with Crippen LogP contribution < -0.4 is 23.2 Å². The number of carboxylic acids is 1. The smallest absolute Gasteiger partial charge is 0.490 e. The van der Waals surface area contributed by atoms with Crippen molar-refractivity contribution in [3.05, 3.63) is 80.7 Å². The molecule has 60 heavy (non-hydrogen) atoms. The highest BCUT2D eigenvalue weighted by molar-refractivity contribution is 7.92. The maximum absolute atomic E-state index is 14.1. The first-order valence-electron chi connectivity index (χ1n) is 18.6. The first-order valence-corrected chi connectivity index (χ1v) is 21.2. The predicted octanol–water partition coefficient (Wildman–Crippen LogP) is 6.68. The van der Waals surface area contributed by atoms with Crippen LogP contribution in [0, 0.1) is 17.0 Å². The summed E-state index contributed by atoms with van der Waals surface area (Å²) < 4.78 is 114. The van der Waals surface area contributed by atoms with Crippen LogP contribution in [-0.2, 0) is 30.7 Å². The van der Waals surface area contributed by atoms with Gasteiger partial charge in [-0.3, -0.25) is 9.21 Å². The van der Waals surface area contributed by atoms with Crippen LogP contribution in [0.5, 0.6) is 17.2 Å². The zero-order valence-electron chi connectivity index (χ0n) is 32.0. The predicted molar refractivity (Wildman–Crippen MR) is 206 cm³/mol. The normalized spacial score (nSPS) is 16.4. The van der Waals surface area contributed by atoms with Crippen molar-refractivity contribution in [2.45, 2.75) is 51.0 Å². The lowest BCUT2D eigenvalue weighted by Crippen LogP contribution is -2.43. The number of carbonyl (C=O) groups is 2. The lowest BCUT2D eigenvalue weighted by atomic mass is 10.0. The number of pyridine rings is 1. The molecule has 0 unspecified atom stereocenters. The SMILES string of the molecule is CS(=O)(=O)N(CCN1CCOCC1)c1ccc(C(=O)O[C@@H](Cc2c(Cl)c[n+]([O-])cc2Cl)c2ccc(OC(F)F)c(OCC3CC3)c2)c(OCC2CC2)c1.O=C(O)C(F)(F)F. The Morgan fingerprint density at radius 1 is 0.967 bits per heavy atom. The molecule has 22 heteroatoms. The molecule has 0 radical (unpaired) electrons. The second kappa shape index (κ2) is 20.5. The molecule has 2 aromatic carbocycles. The van der Waals surface area contributed by atoms with Crippen LogP contribution in [0.1, 0.15) is 53.3 Å². The van der Waals surface area contributed by atoms with Gasteiger partial charge >= 0.3 is 24.7 Å². The lowest BCUT2D eigenvalue weighted by Gasteiger charge is -2.30. The second-order valence-corrected chi connectivity index (χ2v) is 17.0. The molecule has 2 saturated carbocycles. The van der Waals surface area contributed by atoms with Crippen LogP contribution in [0.3, 0.4) is 0 Å². The number of ether oxygens (including phenoxy) is 5. The van der Waals surface area contributed by atoms with Crippen LogP contribution in [0.25, 0.3) is 0 Å². The molecule has 3 aliphatic rings. The Morgan fingerprint density at radius 3 is 2.08 bits per heavy atom. The van der Waals surface area contributed by atoms with E-state index in [0.717, 1.165) is 44.3 Å². The number of nitrogens with zero attached hydrogens (tertiary/aromatic N) is 3. The van der Waals surface area contributed by atoms with Crippen molar-refractivity contribution in [2.24, 2.45) is 11.8 Å². The summed E-state index contributed by atoms with van der Waals surface area (Å²) in [5.74, 6) is -2.99. The summed E-state index contributed by atoms with van der Waals surface area (Å²) in [5.41, 5.74) is 1.00.